The number of aliphatic hydroxyl groups is 3. The van der Waals surface area contributed by atoms with E-state index in [2.05, 4.69) is 0 Å². The molecule has 3 heteroatoms. The molecule has 0 aromatic carbocycles. The molecule has 0 radical (unpaired) electrons. The maximum absolute atomic E-state index is 10.1. The van der Waals surface area contributed by atoms with Crippen LogP contribution in [-0.4, -0.2) is 32.6 Å². The van der Waals surface area contributed by atoms with Crippen LogP contribution in [0.15, 0.2) is 0 Å². The second-order valence-electron chi connectivity index (χ2n) is 4.84. The Labute approximate surface area is 79.4 Å². The molecule has 1 aliphatic carbocycles. The van der Waals surface area contributed by atoms with Crippen LogP contribution in [0.25, 0.3) is 0 Å². The molecular formula is C10H20O3. The molecule has 3 nitrogen and oxygen atoms in total. The molecule has 0 amide bonds. The smallest absolute Gasteiger partial charge is 0.0879 e. The van der Waals surface area contributed by atoms with E-state index in [4.69, 9.17) is 0 Å². The minimum atomic E-state index is -1.03. The molecule has 0 aliphatic heterocycles. The fourth-order valence-corrected chi connectivity index (χ4v) is 1.82. The Hall–Kier alpha value is -0.120. The largest absolute Gasteiger partial charge is 0.390 e. The van der Waals surface area contributed by atoms with Gasteiger partial charge in [0.05, 0.1) is 17.3 Å². The van der Waals surface area contributed by atoms with Crippen LogP contribution in [0.4, 0.5) is 0 Å². The highest BCUT2D eigenvalue weighted by atomic mass is 16.3. The molecule has 1 rings (SSSR count). The van der Waals surface area contributed by atoms with Crippen molar-refractivity contribution in [2.24, 2.45) is 5.92 Å². The summed E-state index contributed by atoms with van der Waals surface area (Å²) in [5.41, 5.74) is -1.83. The summed E-state index contributed by atoms with van der Waals surface area (Å²) >= 11 is 0. The van der Waals surface area contributed by atoms with E-state index in [1.54, 1.807) is 6.92 Å². The van der Waals surface area contributed by atoms with Crippen LogP contribution in [0.5, 0.6) is 0 Å². The quantitative estimate of drug-likeness (QED) is 0.567. The summed E-state index contributed by atoms with van der Waals surface area (Å²) in [6.07, 6.45) is 0.489. The topological polar surface area (TPSA) is 60.7 Å². The zero-order chi connectivity index (χ0) is 10.3. The average Bonchev–Trinajstić information content (AvgIpc) is 1.98. The Balaban J connectivity index is 2.70. The highest BCUT2D eigenvalue weighted by Crippen LogP contribution is 2.38. The first-order chi connectivity index (χ1) is 5.78. The molecule has 0 bridgehead atoms. The highest BCUT2D eigenvalue weighted by Gasteiger charge is 2.45. The van der Waals surface area contributed by atoms with Crippen LogP contribution in [-0.2, 0) is 0 Å². The third-order valence-corrected chi connectivity index (χ3v) is 3.40. The Morgan fingerprint density at radius 2 is 1.77 bits per heavy atom. The first-order valence-corrected chi connectivity index (χ1v) is 4.91. The van der Waals surface area contributed by atoms with Gasteiger partial charge in [0.1, 0.15) is 0 Å². The summed E-state index contributed by atoms with van der Waals surface area (Å²) in [7, 11) is 0. The minimum absolute atomic E-state index is 0.123. The van der Waals surface area contributed by atoms with Crippen LogP contribution in [0.1, 0.15) is 40.0 Å². The van der Waals surface area contributed by atoms with Crippen molar-refractivity contribution in [3.8, 4) is 0 Å². The van der Waals surface area contributed by atoms with Gasteiger partial charge in [-0.1, -0.05) is 13.8 Å². The van der Waals surface area contributed by atoms with E-state index in [0.717, 1.165) is 0 Å². The van der Waals surface area contributed by atoms with Gasteiger partial charge in [0.15, 0.2) is 0 Å². The summed E-state index contributed by atoms with van der Waals surface area (Å²) in [6.45, 7) is 5.50. The molecule has 0 unspecified atom stereocenters. The maximum atomic E-state index is 10.1. The third-order valence-electron chi connectivity index (χ3n) is 3.40. The zero-order valence-corrected chi connectivity index (χ0v) is 8.62. The number of rotatable bonds is 1. The van der Waals surface area contributed by atoms with Crippen molar-refractivity contribution >= 4 is 0 Å². The van der Waals surface area contributed by atoms with Crippen molar-refractivity contribution in [3.63, 3.8) is 0 Å². The second kappa shape index (κ2) is 3.23. The summed E-state index contributed by atoms with van der Waals surface area (Å²) < 4.78 is 0. The molecule has 1 fully saturated rings. The fraction of sp³-hybridized carbons (Fsp3) is 1.00. The Kier molecular flexibility index (Phi) is 2.72. The van der Waals surface area contributed by atoms with Crippen molar-refractivity contribution in [1.29, 1.82) is 0 Å². The maximum Gasteiger partial charge on any atom is 0.0879 e. The van der Waals surface area contributed by atoms with E-state index in [9.17, 15) is 15.3 Å². The second-order valence-corrected chi connectivity index (χ2v) is 4.84. The Bertz CT molecular complexity index is 189. The monoisotopic (exact) mass is 188 g/mol. The standard InChI is InChI=1S/C10H20O3/c1-7(2)10(13)5-4-9(3,12)8(11)6-10/h7-8,11-13H,4-6H2,1-3H3/t8-,9-,10-/m1/s1. The number of aliphatic hydroxyl groups excluding tert-OH is 1. The predicted molar refractivity (Wildman–Crippen MR) is 50.3 cm³/mol. The Morgan fingerprint density at radius 3 is 2.15 bits per heavy atom. The van der Waals surface area contributed by atoms with Gasteiger partial charge >= 0.3 is 0 Å². The Morgan fingerprint density at radius 1 is 1.23 bits per heavy atom. The summed E-state index contributed by atoms with van der Waals surface area (Å²) in [6, 6.07) is 0. The van der Waals surface area contributed by atoms with Gasteiger partial charge in [0.25, 0.3) is 0 Å². The predicted octanol–water partition coefficient (Wildman–Crippen LogP) is 0.669. The first kappa shape index (κ1) is 11.0. The average molecular weight is 188 g/mol. The van der Waals surface area contributed by atoms with Crippen LogP contribution in [0.2, 0.25) is 0 Å². The van der Waals surface area contributed by atoms with Crippen molar-refractivity contribution < 1.29 is 15.3 Å². The van der Waals surface area contributed by atoms with E-state index in [0.29, 0.717) is 12.8 Å². The van der Waals surface area contributed by atoms with Gasteiger partial charge in [0, 0.05) is 6.42 Å². The lowest BCUT2D eigenvalue weighted by atomic mass is 9.70. The van der Waals surface area contributed by atoms with Gasteiger partial charge in [-0.2, -0.15) is 0 Å². The first-order valence-electron chi connectivity index (χ1n) is 4.91. The lowest BCUT2D eigenvalue weighted by Crippen LogP contribution is -2.53. The van der Waals surface area contributed by atoms with E-state index in [1.165, 1.54) is 0 Å². The molecule has 0 spiro atoms. The number of hydrogen-bond donors (Lipinski definition) is 3. The van der Waals surface area contributed by atoms with Crippen LogP contribution < -0.4 is 0 Å². The molecular weight excluding hydrogens is 168 g/mol. The van der Waals surface area contributed by atoms with Gasteiger partial charge in [-0.25, -0.2) is 0 Å². The molecule has 0 heterocycles. The molecule has 0 aromatic heterocycles. The molecule has 13 heavy (non-hydrogen) atoms. The van der Waals surface area contributed by atoms with Gasteiger partial charge in [0.2, 0.25) is 0 Å². The van der Waals surface area contributed by atoms with Crippen molar-refractivity contribution in [2.75, 3.05) is 0 Å². The molecule has 0 saturated heterocycles. The molecule has 3 N–H and O–H groups in total. The SMILES string of the molecule is CC(C)[C@@]1(O)CC[C@@](C)(O)[C@H](O)C1. The van der Waals surface area contributed by atoms with E-state index >= 15 is 0 Å². The van der Waals surface area contributed by atoms with E-state index in [-0.39, 0.29) is 12.3 Å². The number of hydrogen-bond acceptors (Lipinski definition) is 3. The summed E-state index contributed by atoms with van der Waals surface area (Å²) in [5.74, 6) is 0.123. The van der Waals surface area contributed by atoms with Gasteiger partial charge in [-0.15, -0.1) is 0 Å². The van der Waals surface area contributed by atoms with Gasteiger partial charge in [-0.05, 0) is 25.7 Å². The highest BCUT2D eigenvalue weighted by molar-refractivity contribution is 4.98. The minimum Gasteiger partial charge on any atom is -0.390 e. The van der Waals surface area contributed by atoms with E-state index in [1.807, 2.05) is 13.8 Å². The molecule has 1 saturated carbocycles. The summed E-state index contributed by atoms with van der Waals surface area (Å²) in [5, 5.41) is 29.4. The van der Waals surface area contributed by atoms with Crippen LogP contribution >= 0.6 is 0 Å². The van der Waals surface area contributed by atoms with Crippen molar-refractivity contribution in [3.05, 3.63) is 0 Å². The summed E-state index contributed by atoms with van der Waals surface area (Å²) in [4.78, 5) is 0. The van der Waals surface area contributed by atoms with E-state index < -0.39 is 17.3 Å². The molecule has 1 aliphatic rings. The lowest BCUT2D eigenvalue weighted by Gasteiger charge is -2.44. The van der Waals surface area contributed by atoms with Gasteiger partial charge < -0.3 is 15.3 Å². The fourth-order valence-electron chi connectivity index (χ4n) is 1.82. The molecule has 3 atom stereocenters. The normalized spacial score (nSPS) is 46.8. The molecule has 0 aromatic rings. The van der Waals surface area contributed by atoms with Gasteiger partial charge in [-0.3, -0.25) is 0 Å². The van der Waals surface area contributed by atoms with Crippen molar-refractivity contribution in [2.45, 2.75) is 57.3 Å². The van der Waals surface area contributed by atoms with Crippen LogP contribution in [0.3, 0.4) is 0 Å². The van der Waals surface area contributed by atoms with Crippen LogP contribution in [0, 0.1) is 5.92 Å². The lowest BCUT2D eigenvalue weighted by molar-refractivity contribution is -0.160. The zero-order valence-electron chi connectivity index (χ0n) is 8.62. The molecule has 78 valence electrons. The third kappa shape index (κ3) is 2.03. The van der Waals surface area contributed by atoms with Crippen molar-refractivity contribution in [1.82, 2.24) is 0 Å².